The van der Waals surface area contributed by atoms with E-state index in [1.165, 1.54) is 18.2 Å². The van der Waals surface area contributed by atoms with Crippen molar-refractivity contribution in [2.45, 2.75) is 6.92 Å². The molecule has 6 nitrogen and oxygen atoms in total. The summed E-state index contributed by atoms with van der Waals surface area (Å²) in [6, 6.07) is 5.76. The fourth-order valence-corrected chi connectivity index (χ4v) is 2.39. The Morgan fingerprint density at radius 2 is 1.94 bits per heavy atom. The molecule has 0 atom stereocenters. The molecule has 0 aliphatic carbocycles. The zero-order valence-corrected chi connectivity index (χ0v) is 9.77. The van der Waals surface area contributed by atoms with E-state index in [1.54, 1.807) is 13.0 Å². The molecule has 0 spiro atoms. The van der Waals surface area contributed by atoms with Crippen LogP contribution in [-0.4, -0.2) is 26.1 Å². The first-order chi connectivity index (χ1) is 7.38. The second-order valence-electron chi connectivity index (χ2n) is 3.17. The average Bonchev–Trinajstić information content (AvgIpc) is 2.17. The van der Waals surface area contributed by atoms with Crippen LogP contribution in [0.4, 0.5) is 11.4 Å². The third kappa shape index (κ3) is 2.48. The van der Waals surface area contributed by atoms with Gasteiger partial charge in [0.25, 0.3) is 5.69 Å². The number of hydrogen-bond acceptors (Lipinski definition) is 4. The van der Waals surface area contributed by atoms with Gasteiger partial charge < -0.3 is 0 Å². The summed E-state index contributed by atoms with van der Waals surface area (Å²) in [5, 5.41) is 10.8. The Balaban J connectivity index is 3.36. The number of hydrogen-bond donors (Lipinski definition) is 0. The quantitative estimate of drug-likeness (QED) is 0.592. The van der Waals surface area contributed by atoms with Crippen molar-refractivity contribution < 1.29 is 13.3 Å². The molecule has 0 aromatic heterocycles. The van der Waals surface area contributed by atoms with Gasteiger partial charge in [-0.2, -0.15) is 0 Å². The first-order valence-corrected chi connectivity index (χ1v) is 6.44. The Labute approximate surface area is 93.7 Å². The van der Waals surface area contributed by atoms with E-state index in [-0.39, 0.29) is 17.9 Å². The molecular weight excluding hydrogens is 232 g/mol. The molecule has 0 amide bonds. The van der Waals surface area contributed by atoms with Gasteiger partial charge in [-0.05, 0) is 13.0 Å². The number of sulfonamides is 1. The molecule has 7 heteroatoms. The molecule has 0 aliphatic heterocycles. The van der Waals surface area contributed by atoms with Gasteiger partial charge in [0.2, 0.25) is 10.0 Å². The van der Waals surface area contributed by atoms with Crippen molar-refractivity contribution in [1.29, 1.82) is 0 Å². The number of nitro groups is 1. The van der Waals surface area contributed by atoms with E-state index in [0.717, 1.165) is 10.6 Å². The number of nitrogens with zero attached hydrogens (tertiary/aromatic N) is 2. The zero-order valence-electron chi connectivity index (χ0n) is 8.95. The molecule has 0 N–H and O–H groups in total. The molecule has 0 heterocycles. The highest BCUT2D eigenvalue weighted by Crippen LogP contribution is 2.28. The van der Waals surface area contributed by atoms with E-state index in [1.807, 2.05) is 0 Å². The van der Waals surface area contributed by atoms with Crippen molar-refractivity contribution in [3.8, 4) is 0 Å². The number of benzene rings is 1. The van der Waals surface area contributed by atoms with Crippen molar-refractivity contribution in [2.24, 2.45) is 0 Å². The van der Waals surface area contributed by atoms with Gasteiger partial charge in [-0.3, -0.25) is 14.4 Å². The van der Waals surface area contributed by atoms with Crippen LogP contribution in [-0.2, 0) is 10.0 Å². The van der Waals surface area contributed by atoms with Crippen molar-refractivity contribution >= 4 is 21.4 Å². The molecule has 0 aliphatic rings. The van der Waals surface area contributed by atoms with Crippen LogP contribution < -0.4 is 4.31 Å². The van der Waals surface area contributed by atoms with Gasteiger partial charge in [-0.1, -0.05) is 12.1 Å². The molecule has 0 bridgehead atoms. The standard InChI is InChI=1S/C9H12N2O4S/c1-3-10(16(2,14)15)8-6-4-5-7-9(8)11(12)13/h4-7H,3H2,1-2H3. The van der Waals surface area contributed by atoms with Crippen molar-refractivity contribution in [3.05, 3.63) is 34.4 Å². The summed E-state index contributed by atoms with van der Waals surface area (Å²) in [5.74, 6) is 0. The Kier molecular flexibility index (Phi) is 3.48. The summed E-state index contributed by atoms with van der Waals surface area (Å²) >= 11 is 0. The van der Waals surface area contributed by atoms with Crippen LogP contribution in [0.3, 0.4) is 0 Å². The summed E-state index contributed by atoms with van der Waals surface area (Å²) in [5.41, 5.74) is -0.118. The maximum atomic E-state index is 11.4. The average molecular weight is 244 g/mol. The number of para-hydroxylation sites is 2. The van der Waals surface area contributed by atoms with E-state index >= 15 is 0 Å². The lowest BCUT2D eigenvalue weighted by atomic mass is 10.2. The van der Waals surface area contributed by atoms with Gasteiger partial charge in [-0.15, -0.1) is 0 Å². The van der Waals surface area contributed by atoms with Crippen LogP contribution >= 0.6 is 0 Å². The summed E-state index contributed by atoms with van der Waals surface area (Å²) in [6.45, 7) is 1.78. The lowest BCUT2D eigenvalue weighted by Crippen LogP contribution is -2.29. The first-order valence-electron chi connectivity index (χ1n) is 4.59. The van der Waals surface area contributed by atoms with E-state index in [9.17, 15) is 18.5 Å². The normalized spacial score (nSPS) is 11.1. The highest BCUT2D eigenvalue weighted by Gasteiger charge is 2.23. The fourth-order valence-electron chi connectivity index (χ4n) is 1.41. The SMILES string of the molecule is CCN(c1ccccc1[N+](=O)[O-])S(C)(=O)=O. The molecule has 0 unspecified atom stereocenters. The molecule has 0 saturated heterocycles. The van der Waals surface area contributed by atoms with Gasteiger partial charge in [0.05, 0.1) is 11.2 Å². The van der Waals surface area contributed by atoms with E-state index in [4.69, 9.17) is 0 Å². The van der Waals surface area contributed by atoms with E-state index < -0.39 is 14.9 Å². The van der Waals surface area contributed by atoms with Gasteiger partial charge in [0.15, 0.2) is 0 Å². The third-order valence-corrected chi connectivity index (χ3v) is 3.29. The molecule has 16 heavy (non-hydrogen) atoms. The molecule has 0 radical (unpaired) electrons. The van der Waals surface area contributed by atoms with Gasteiger partial charge in [-0.25, -0.2) is 8.42 Å². The molecule has 1 aromatic carbocycles. The Hall–Kier alpha value is -1.63. The zero-order chi connectivity index (χ0) is 12.3. The minimum absolute atomic E-state index is 0.0949. The summed E-state index contributed by atoms with van der Waals surface area (Å²) in [6.07, 6.45) is 1.02. The van der Waals surface area contributed by atoms with Crippen LogP contribution in [0.15, 0.2) is 24.3 Å². The largest absolute Gasteiger partial charge is 0.293 e. The van der Waals surface area contributed by atoms with Crippen LogP contribution in [0.2, 0.25) is 0 Å². The second-order valence-corrected chi connectivity index (χ2v) is 5.08. The summed E-state index contributed by atoms with van der Waals surface area (Å²) < 4.78 is 23.9. The minimum Gasteiger partial charge on any atom is -0.264 e. The number of anilines is 1. The first kappa shape index (κ1) is 12.4. The molecule has 0 fully saturated rings. The third-order valence-electron chi connectivity index (χ3n) is 2.03. The molecular formula is C9H12N2O4S. The van der Waals surface area contributed by atoms with Crippen LogP contribution in [0.1, 0.15) is 6.92 Å². The number of nitro benzene ring substituents is 1. The molecule has 1 rings (SSSR count). The maximum absolute atomic E-state index is 11.4. The summed E-state index contributed by atoms with van der Waals surface area (Å²) in [4.78, 5) is 10.2. The topological polar surface area (TPSA) is 80.5 Å². The number of rotatable bonds is 4. The van der Waals surface area contributed by atoms with Gasteiger partial charge in [0.1, 0.15) is 5.69 Å². The molecule has 1 aromatic rings. The van der Waals surface area contributed by atoms with Crippen LogP contribution in [0.5, 0.6) is 0 Å². The van der Waals surface area contributed by atoms with Crippen molar-refractivity contribution in [1.82, 2.24) is 0 Å². The summed E-state index contributed by atoms with van der Waals surface area (Å²) in [7, 11) is -3.50. The lowest BCUT2D eigenvalue weighted by Gasteiger charge is -2.19. The predicted molar refractivity (Wildman–Crippen MR) is 61.0 cm³/mol. The Morgan fingerprint density at radius 1 is 1.38 bits per heavy atom. The van der Waals surface area contributed by atoms with Crippen molar-refractivity contribution in [2.75, 3.05) is 17.1 Å². The van der Waals surface area contributed by atoms with Gasteiger partial charge in [0, 0.05) is 12.6 Å². The fraction of sp³-hybridized carbons (Fsp3) is 0.333. The highest BCUT2D eigenvalue weighted by molar-refractivity contribution is 7.92. The van der Waals surface area contributed by atoms with E-state index in [0.29, 0.717) is 0 Å². The predicted octanol–water partition coefficient (Wildman–Crippen LogP) is 1.38. The van der Waals surface area contributed by atoms with E-state index in [2.05, 4.69) is 0 Å². The van der Waals surface area contributed by atoms with Crippen LogP contribution in [0, 0.1) is 10.1 Å². The van der Waals surface area contributed by atoms with Crippen LogP contribution in [0.25, 0.3) is 0 Å². The Morgan fingerprint density at radius 3 is 2.38 bits per heavy atom. The molecule has 0 saturated carbocycles. The van der Waals surface area contributed by atoms with Gasteiger partial charge >= 0.3 is 0 Å². The lowest BCUT2D eigenvalue weighted by molar-refractivity contribution is -0.384. The molecule has 88 valence electrons. The van der Waals surface area contributed by atoms with Crippen molar-refractivity contribution in [3.63, 3.8) is 0 Å². The maximum Gasteiger partial charge on any atom is 0.293 e. The monoisotopic (exact) mass is 244 g/mol. The second kappa shape index (κ2) is 4.48. The minimum atomic E-state index is -3.50. The Bertz CT molecular complexity index is 498. The highest BCUT2D eigenvalue weighted by atomic mass is 32.2. The smallest absolute Gasteiger partial charge is 0.264 e.